The number of ether oxygens (including phenoxy) is 1. The monoisotopic (exact) mass is 299 g/mol. The van der Waals surface area contributed by atoms with Crippen molar-refractivity contribution in [2.75, 3.05) is 6.54 Å². The highest BCUT2D eigenvalue weighted by molar-refractivity contribution is 6.76. The maximum atomic E-state index is 11.8. The van der Waals surface area contributed by atoms with E-state index in [0.29, 0.717) is 6.54 Å². The summed E-state index contributed by atoms with van der Waals surface area (Å²) in [4.78, 5) is 23.8. The Kier molecular flexibility index (Phi) is 5.10. The number of rotatable bonds is 2. The fraction of sp³-hybridized carbons (Fsp3) is 0.600. The third kappa shape index (κ3) is 4.37. The number of amides is 1. The van der Waals surface area contributed by atoms with Crippen LogP contribution < -0.4 is 0 Å². The Hall–Kier alpha value is -0.450. The molecule has 1 rings (SSSR count). The Morgan fingerprint density at radius 2 is 2.06 bits per heavy atom. The maximum Gasteiger partial charge on any atom is 0.307 e. The van der Waals surface area contributed by atoms with Crippen molar-refractivity contribution in [1.29, 1.82) is 0 Å². The van der Waals surface area contributed by atoms with E-state index in [2.05, 4.69) is 4.74 Å². The van der Waals surface area contributed by atoms with E-state index in [1.165, 1.54) is 18.1 Å². The van der Waals surface area contributed by atoms with Crippen molar-refractivity contribution in [3.8, 4) is 0 Å². The maximum absolute atomic E-state index is 11.8. The van der Waals surface area contributed by atoms with Crippen molar-refractivity contribution < 1.29 is 14.3 Å². The molecule has 1 heterocycles. The Balaban J connectivity index is 2.64. The fourth-order valence-corrected chi connectivity index (χ4v) is 1.96. The van der Waals surface area contributed by atoms with Crippen molar-refractivity contribution in [2.24, 2.45) is 0 Å². The van der Waals surface area contributed by atoms with Gasteiger partial charge in [-0.15, -0.1) is 0 Å². The van der Waals surface area contributed by atoms with Crippen LogP contribution in [0.4, 0.5) is 0 Å². The van der Waals surface area contributed by atoms with Crippen molar-refractivity contribution in [2.45, 2.75) is 29.6 Å². The van der Waals surface area contributed by atoms with Gasteiger partial charge in [-0.25, -0.2) is 0 Å². The minimum Gasteiger partial charge on any atom is -0.435 e. The second-order valence-corrected chi connectivity index (χ2v) is 5.93. The van der Waals surface area contributed by atoms with Gasteiger partial charge in [-0.3, -0.25) is 9.59 Å². The molecule has 1 fully saturated rings. The molecule has 0 aromatic rings. The van der Waals surface area contributed by atoms with Crippen molar-refractivity contribution in [1.82, 2.24) is 4.90 Å². The van der Waals surface area contributed by atoms with Crippen molar-refractivity contribution in [3.63, 3.8) is 0 Å². The predicted molar refractivity (Wildman–Crippen MR) is 65.9 cm³/mol. The van der Waals surface area contributed by atoms with Crippen LogP contribution in [0.1, 0.15) is 19.8 Å². The molecule has 1 atom stereocenters. The molecule has 4 nitrogen and oxygen atoms in total. The normalized spacial score (nSPS) is 20.9. The van der Waals surface area contributed by atoms with Gasteiger partial charge in [0.15, 0.2) is 0 Å². The van der Waals surface area contributed by atoms with E-state index >= 15 is 0 Å². The van der Waals surface area contributed by atoms with E-state index in [1.807, 2.05) is 0 Å². The van der Waals surface area contributed by atoms with E-state index in [1.54, 1.807) is 6.08 Å². The van der Waals surface area contributed by atoms with Crippen LogP contribution in [0.15, 0.2) is 12.3 Å². The summed E-state index contributed by atoms with van der Waals surface area (Å²) >= 11 is 16.6. The molecule has 0 bridgehead atoms. The summed E-state index contributed by atoms with van der Waals surface area (Å²) in [7, 11) is 0. The second-order valence-electron chi connectivity index (χ2n) is 3.64. The summed E-state index contributed by atoms with van der Waals surface area (Å²) in [5.74, 6) is -0.976. The molecule has 0 radical (unpaired) electrons. The van der Waals surface area contributed by atoms with E-state index in [0.717, 1.165) is 12.8 Å². The molecule has 1 aliphatic heterocycles. The highest BCUT2D eigenvalue weighted by Gasteiger charge is 2.39. The van der Waals surface area contributed by atoms with Crippen LogP contribution in [0.5, 0.6) is 0 Å². The largest absolute Gasteiger partial charge is 0.435 e. The van der Waals surface area contributed by atoms with Crippen LogP contribution in [0.3, 0.4) is 0 Å². The smallest absolute Gasteiger partial charge is 0.307 e. The van der Waals surface area contributed by atoms with Crippen molar-refractivity contribution >= 4 is 46.7 Å². The number of likely N-dealkylation sites (tertiary alicyclic amines) is 1. The van der Waals surface area contributed by atoms with E-state index in [9.17, 15) is 9.59 Å². The van der Waals surface area contributed by atoms with Gasteiger partial charge in [-0.2, -0.15) is 0 Å². The zero-order valence-corrected chi connectivity index (χ0v) is 11.4. The summed E-state index contributed by atoms with van der Waals surface area (Å²) < 4.78 is 2.71. The zero-order chi connectivity index (χ0) is 13.1. The Morgan fingerprint density at radius 1 is 1.41 bits per heavy atom. The number of alkyl halides is 3. The van der Waals surface area contributed by atoms with Gasteiger partial charge < -0.3 is 9.64 Å². The van der Waals surface area contributed by atoms with Crippen LogP contribution in [0.2, 0.25) is 0 Å². The number of nitrogens with zero attached hydrogens (tertiary/aromatic N) is 1. The van der Waals surface area contributed by atoms with E-state index in [-0.39, 0.29) is 6.04 Å². The van der Waals surface area contributed by atoms with E-state index in [4.69, 9.17) is 34.8 Å². The SMILES string of the molecule is CC(=O)O/C=C/[C@@H]1CCCN1C(=O)C(Cl)(Cl)Cl. The first-order valence-electron chi connectivity index (χ1n) is 5.04. The lowest BCUT2D eigenvalue weighted by Crippen LogP contribution is -2.41. The molecule has 0 aromatic heterocycles. The molecule has 0 spiro atoms. The number of halogens is 3. The molecule has 0 aliphatic carbocycles. The summed E-state index contributed by atoms with van der Waals surface area (Å²) in [6.07, 6.45) is 4.45. The quantitative estimate of drug-likeness (QED) is 0.447. The minimum atomic E-state index is -1.95. The zero-order valence-electron chi connectivity index (χ0n) is 9.16. The lowest BCUT2D eigenvalue weighted by Gasteiger charge is -2.25. The molecule has 17 heavy (non-hydrogen) atoms. The minimum absolute atomic E-state index is 0.197. The molecule has 7 heteroatoms. The lowest BCUT2D eigenvalue weighted by atomic mass is 10.2. The average Bonchev–Trinajstić information content (AvgIpc) is 2.62. The topological polar surface area (TPSA) is 46.6 Å². The molecule has 1 aliphatic rings. The first kappa shape index (κ1) is 14.6. The highest BCUT2D eigenvalue weighted by Crippen LogP contribution is 2.32. The van der Waals surface area contributed by atoms with Crippen molar-refractivity contribution in [3.05, 3.63) is 12.3 Å². The molecule has 0 saturated carbocycles. The molecular formula is C10H12Cl3NO3. The predicted octanol–water partition coefficient (Wildman–Crippen LogP) is 2.42. The van der Waals surface area contributed by atoms with Gasteiger partial charge in [0.2, 0.25) is 0 Å². The average molecular weight is 301 g/mol. The molecule has 0 unspecified atom stereocenters. The Morgan fingerprint density at radius 3 is 2.59 bits per heavy atom. The van der Waals surface area contributed by atoms with Gasteiger partial charge in [0, 0.05) is 13.5 Å². The lowest BCUT2D eigenvalue weighted by molar-refractivity contribution is -0.135. The molecule has 0 N–H and O–H groups in total. The first-order chi connectivity index (χ1) is 7.82. The van der Waals surface area contributed by atoms with Crippen LogP contribution in [-0.4, -0.2) is 33.2 Å². The molecule has 96 valence electrons. The fourth-order valence-electron chi connectivity index (χ4n) is 1.63. The van der Waals surface area contributed by atoms with Gasteiger partial charge in [0.25, 0.3) is 9.70 Å². The standard InChI is InChI=1S/C10H12Cl3NO3/c1-7(15)17-6-4-8-3-2-5-14(8)9(16)10(11,12)13/h4,6,8H,2-3,5H2,1H3/b6-4+/t8-/m0/s1. The summed E-state index contributed by atoms with van der Waals surface area (Å²) in [5, 5.41) is 0. The third-order valence-electron chi connectivity index (χ3n) is 2.34. The van der Waals surface area contributed by atoms with Gasteiger partial charge in [0.05, 0.1) is 12.3 Å². The van der Waals surface area contributed by atoms with Gasteiger partial charge >= 0.3 is 5.97 Å². The third-order valence-corrected chi connectivity index (χ3v) is 2.82. The van der Waals surface area contributed by atoms with Gasteiger partial charge in [-0.1, -0.05) is 34.8 Å². The molecule has 1 saturated heterocycles. The van der Waals surface area contributed by atoms with Crippen LogP contribution in [-0.2, 0) is 14.3 Å². The number of carbonyl (C=O) groups is 2. The molecule has 0 aromatic carbocycles. The number of carbonyl (C=O) groups excluding carboxylic acids is 2. The number of esters is 1. The summed E-state index contributed by atoms with van der Waals surface area (Å²) in [6, 6.07) is -0.197. The van der Waals surface area contributed by atoms with Gasteiger partial charge in [-0.05, 0) is 18.9 Å². The molecule has 1 amide bonds. The summed E-state index contributed by atoms with van der Waals surface area (Å²) in [6.45, 7) is 1.82. The van der Waals surface area contributed by atoms with Crippen LogP contribution in [0.25, 0.3) is 0 Å². The Bertz CT molecular complexity index is 338. The summed E-state index contributed by atoms with van der Waals surface area (Å²) in [5.41, 5.74) is 0. The highest BCUT2D eigenvalue weighted by atomic mass is 35.6. The Labute approximate surface area is 114 Å². The number of hydrogen-bond acceptors (Lipinski definition) is 3. The second kappa shape index (κ2) is 5.94. The first-order valence-corrected chi connectivity index (χ1v) is 6.17. The van der Waals surface area contributed by atoms with Crippen LogP contribution in [0, 0.1) is 0 Å². The van der Waals surface area contributed by atoms with Gasteiger partial charge in [0.1, 0.15) is 0 Å². The van der Waals surface area contributed by atoms with E-state index < -0.39 is 15.7 Å². The number of hydrogen-bond donors (Lipinski definition) is 0. The van der Waals surface area contributed by atoms with Crippen LogP contribution >= 0.6 is 34.8 Å². The molecular weight excluding hydrogens is 288 g/mol.